The molecule has 2 rings (SSSR count). The molecule has 3 heteroatoms. The first kappa shape index (κ1) is 12.5. The fourth-order valence-corrected chi connectivity index (χ4v) is 3.46. The molecule has 0 N–H and O–H groups in total. The Labute approximate surface area is 110 Å². The zero-order chi connectivity index (χ0) is 12.3. The summed E-state index contributed by atoms with van der Waals surface area (Å²) in [5.41, 5.74) is 1.65. The van der Waals surface area contributed by atoms with Gasteiger partial charge in [0.25, 0.3) is 0 Å². The Morgan fingerprint density at radius 3 is 2.18 bits per heavy atom. The van der Waals surface area contributed by atoms with Gasteiger partial charge < -0.3 is 0 Å². The van der Waals surface area contributed by atoms with Crippen molar-refractivity contribution in [1.29, 1.82) is 0 Å². The van der Waals surface area contributed by atoms with Gasteiger partial charge in [0.05, 0.1) is 0 Å². The Balaban J connectivity index is 2.63. The van der Waals surface area contributed by atoms with Gasteiger partial charge in [-0.2, -0.15) is 0 Å². The maximum absolute atomic E-state index is 13.8. The molecule has 0 amide bonds. The highest BCUT2D eigenvalue weighted by molar-refractivity contribution is 8.01. The third-order valence-corrected chi connectivity index (χ3v) is 4.32. The number of rotatable bonds is 3. The van der Waals surface area contributed by atoms with E-state index in [1.54, 1.807) is 29.6 Å². The van der Waals surface area contributed by atoms with Gasteiger partial charge in [-0.1, -0.05) is 30.3 Å². The second-order valence-electron chi connectivity index (χ2n) is 3.52. The minimum Gasteiger partial charge on any atom is -0.206 e. The van der Waals surface area contributed by atoms with Crippen LogP contribution >= 0.6 is 23.5 Å². The monoisotopic (exact) mass is 264 g/mol. The number of halogens is 1. The van der Waals surface area contributed by atoms with Crippen LogP contribution in [0.1, 0.15) is 0 Å². The molecule has 0 heterocycles. The fourth-order valence-electron chi connectivity index (χ4n) is 1.78. The molecule has 17 heavy (non-hydrogen) atoms. The molecule has 0 unspecified atom stereocenters. The van der Waals surface area contributed by atoms with Crippen molar-refractivity contribution in [3.05, 3.63) is 48.3 Å². The van der Waals surface area contributed by atoms with Gasteiger partial charge in [0.1, 0.15) is 5.82 Å². The molecule has 2 aromatic carbocycles. The molecule has 0 spiro atoms. The summed E-state index contributed by atoms with van der Waals surface area (Å²) in [6, 6.07) is 12.9. The zero-order valence-corrected chi connectivity index (χ0v) is 11.4. The van der Waals surface area contributed by atoms with E-state index < -0.39 is 0 Å². The van der Waals surface area contributed by atoms with Crippen molar-refractivity contribution < 1.29 is 4.39 Å². The molecule has 0 aliphatic rings. The summed E-state index contributed by atoms with van der Waals surface area (Å²) in [5.74, 6) is -0.166. The number of benzene rings is 2. The first-order chi connectivity index (χ1) is 8.27. The third kappa shape index (κ3) is 2.50. The van der Waals surface area contributed by atoms with E-state index in [1.165, 1.54) is 11.0 Å². The quantitative estimate of drug-likeness (QED) is 0.720. The van der Waals surface area contributed by atoms with Crippen molar-refractivity contribution >= 4 is 23.5 Å². The summed E-state index contributed by atoms with van der Waals surface area (Å²) in [4.78, 5) is 2.34. The van der Waals surface area contributed by atoms with Gasteiger partial charge >= 0.3 is 0 Å². The van der Waals surface area contributed by atoms with E-state index in [4.69, 9.17) is 0 Å². The van der Waals surface area contributed by atoms with E-state index in [-0.39, 0.29) is 5.82 Å². The van der Waals surface area contributed by atoms with Crippen molar-refractivity contribution in [2.24, 2.45) is 0 Å². The summed E-state index contributed by atoms with van der Waals surface area (Å²) >= 11 is 3.35. The molecule has 0 saturated carbocycles. The molecule has 0 radical (unpaired) electrons. The van der Waals surface area contributed by atoms with Gasteiger partial charge in [-0.3, -0.25) is 0 Å². The average molecular weight is 264 g/mol. The van der Waals surface area contributed by atoms with Crippen LogP contribution in [-0.2, 0) is 0 Å². The van der Waals surface area contributed by atoms with Crippen molar-refractivity contribution in [3.63, 3.8) is 0 Å². The predicted molar refractivity (Wildman–Crippen MR) is 75.4 cm³/mol. The van der Waals surface area contributed by atoms with Crippen molar-refractivity contribution in [1.82, 2.24) is 0 Å². The minimum atomic E-state index is -0.166. The van der Waals surface area contributed by atoms with Gasteiger partial charge in [-0.15, -0.1) is 23.5 Å². The fraction of sp³-hybridized carbons (Fsp3) is 0.143. The van der Waals surface area contributed by atoms with Crippen LogP contribution in [0.4, 0.5) is 4.39 Å². The van der Waals surface area contributed by atoms with Crippen molar-refractivity contribution in [3.8, 4) is 11.1 Å². The minimum absolute atomic E-state index is 0.166. The van der Waals surface area contributed by atoms with E-state index in [2.05, 4.69) is 6.07 Å². The summed E-state index contributed by atoms with van der Waals surface area (Å²) in [5, 5.41) is 0. The third-order valence-electron chi connectivity index (χ3n) is 2.57. The molecular weight excluding hydrogens is 251 g/mol. The first-order valence-electron chi connectivity index (χ1n) is 5.24. The van der Waals surface area contributed by atoms with Crippen LogP contribution in [0.25, 0.3) is 11.1 Å². The van der Waals surface area contributed by atoms with E-state index in [1.807, 2.05) is 36.8 Å². The molecule has 0 bridgehead atoms. The lowest BCUT2D eigenvalue weighted by Crippen LogP contribution is -1.88. The molecule has 0 saturated heterocycles. The second kappa shape index (κ2) is 5.61. The van der Waals surface area contributed by atoms with Crippen molar-refractivity contribution in [2.45, 2.75) is 9.79 Å². The molecule has 0 fully saturated rings. The summed E-state index contributed by atoms with van der Waals surface area (Å²) in [6.07, 6.45) is 4.07. The Kier molecular flexibility index (Phi) is 4.13. The molecule has 0 nitrogen and oxygen atoms in total. The van der Waals surface area contributed by atoms with Crippen molar-refractivity contribution in [2.75, 3.05) is 12.5 Å². The normalized spacial score (nSPS) is 10.5. The summed E-state index contributed by atoms with van der Waals surface area (Å²) < 4.78 is 13.8. The van der Waals surface area contributed by atoms with E-state index >= 15 is 0 Å². The van der Waals surface area contributed by atoms with Gasteiger partial charge in [0.15, 0.2) is 0 Å². The van der Waals surface area contributed by atoms with E-state index in [0.717, 1.165) is 10.5 Å². The molecule has 0 aliphatic carbocycles. The molecule has 0 aliphatic heterocycles. The number of hydrogen-bond donors (Lipinski definition) is 0. The maximum Gasteiger partial charge on any atom is 0.131 e. The molecule has 0 aromatic heterocycles. The highest BCUT2D eigenvalue weighted by Crippen LogP contribution is 2.37. The highest BCUT2D eigenvalue weighted by atomic mass is 32.2. The van der Waals surface area contributed by atoms with Crippen LogP contribution in [0, 0.1) is 5.82 Å². The SMILES string of the molecule is CSc1cccc(-c2ccccc2F)c1SC. The number of thioether (sulfide) groups is 2. The lowest BCUT2D eigenvalue weighted by atomic mass is 10.1. The second-order valence-corrected chi connectivity index (χ2v) is 5.19. The Morgan fingerprint density at radius 2 is 1.53 bits per heavy atom. The van der Waals surface area contributed by atoms with Gasteiger partial charge in [-0.05, 0) is 30.2 Å². The lowest BCUT2D eigenvalue weighted by molar-refractivity contribution is 0.631. The average Bonchev–Trinajstić information content (AvgIpc) is 2.38. The Morgan fingerprint density at radius 1 is 0.824 bits per heavy atom. The topological polar surface area (TPSA) is 0 Å². The lowest BCUT2D eigenvalue weighted by Gasteiger charge is -2.12. The molecule has 2 aromatic rings. The van der Waals surface area contributed by atoms with E-state index in [9.17, 15) is 4.39 Å². The van der Waals surface area contributed by atoms with Crippen LogP contribution in [0.5, 0.6) is 0 Å². The van der Waals surface area contributed by atoms with Crippen LogP contribution in [0.3, 0.4) is 0 Å². The van der Waals surface area contributed by atoms with E-state index in [0.29, 0.717) is 5.56 Å². The molecule has 88 valence electrons. The van der Waals surface area contributed by atoms with Gasteiger partial charge in [-0.25, -0.2) is 4.39 Å². The standard InChI is InChI=1S/C14H13FS2/c1-16-13-9-5-7-11(14(13)17-2)10-6-3-4-8-12(10)15/h3-9H,1-2H3. The zero-order valence-electron chi connectivity index (χ0n) is 9.74. The van der Waals surface area contributed by atoms with Crippen LogP contribution < -0.4 is 0 Å². The van der Waals surface area contributed by atoms with Crippen LogP contribution in [0.15, 0.2) is 52.3 Å². The summed E-state index contributed by atoms with van der Waals surface area (Å²) in [6.45, 7) is 0. The smallest absolute Gasteiger partial charge is 0.131 e. The molecule has 0 atom stereocenters. The number of hydrogen-bond acceptors (Lipinski definition) is 2. The summed E-state index contributed by atoms with van der Waals surface area (Å²) in [7, 11) is 0. The van der Waals surface area contributed by atoms with Crippen LogP contribution in [0.2, 0.25) is 0 Å². The Hall–Kier alpha value is -0.930. The van der Waals surface area contributed by atoms with Gasteiger partial charge in [0.2, 0.25) is 0 Å². The molecular formula is C14H13FS2. The maximum atomic E-state index is 13.8. The van der Waals surface area contributed by atoms with Gasteiger partial charge in [0, 0.05) is 15.4 Å². The predicted octanol–water partition coefficient (Wildman–Crippen LogP) is 4.94. The highest BCUT2D eigenvalue weighted by Gasteiger charge is 2.11. The Bertz CT molecular complexity index is 523. The largest absolute Gasteiger partial charge is 0.206 e. The first-order valence-corrected chi connectivity index (χ1v) is 7.68. The van der Waals surface area contributed by atoms with Crippen LogP contribution in [-0.4, -0.2) is 12.5 Å².